The Labute approximate surface area is 155 Å². The van der Waals surface area contributed by atoms with Gasteiger partial charge in [-0.2, -0.15) is 0 Å². The molecule has 3 rings (SSSR count). The van der Waals surface area contributed by atoms with Gasteiger partial charge in [0.1, 0.15) is 12.4 Å². The van der Waals surface area contributed by atoms with Crippen LogP contribution < -0.4 is 15.4 Å². The number of para-hydroxylation sites is 2. The molecule has 25 heavy (non-hydrogen) atoms. The van der Waals surface area contributed by atoms with Crippen LogP contribution in [0.1, 0.15) is 12.8 Å². The van der Waals surface area contributed by atoms with Gasteiger partial charge in [-0.15, -0.1) is 0 Å². The smallest absolute Gasteiger partial charge is 0.243 e. The number of halogens is 1. The first-order valence-electron chi connectivity index (χ1n) is 8.33. The van der Waals surface area contributed by atoms with Gasteiger partial charge in [0.15, 0.2) is 0 Å². The van der Waals surface area contributed by atoms with Crippen molar-refractivity contribution in [1.82, 2.24) is 0 Å². The zero-order chi connectivity index (χ0) is 17.5. The molecule has 1 heterocycles. The monoisotopic (exact) mass is 404 g/mol. The van der Waals surface area contributed by atoms with Crippen molar-refractivity contribution in [2.45, 2.75) is 18.9 Å². The number of hydrogen-bond donors (Lipinski definition) is 2. The van der Waals surface area contributed by atoms with E-state index in [4.69, 9.17) is 9.47 Å². The van der Waals surface area contributed by atoms with E-state index in [2.05, 4.69) is 26.6 Å². The van der Waals surface area contributed by atoms with Gasteiger partial charge in [0.2, 0.25) is 5.91 Å². The lowest BCUT2D eigenvalue weighted by molar-refractivity contribution is -0.114. The average molecular weight is 405 g/mol. The van der Waals surface area contributed by atoms with Crippen LogP contribution in [0.3, 0.4) is 0 Å². The summed E-state index contributed by atoms with van der Waals surface area (Å²) in [5.41, 5.74) is 1.55. The van der Waals surface area contributed by atoms with E-state index in [1.165, 1.54) is 0 Å². The van der Waals surface area contributed by atoms with E-state index in [0.717, 1.165) is 41.0 Å². The van der Waals surface area contributed by atoms with Gasteiger partial charge in [0.05, 0.1) is 18.3 Å². The fourth-order valence-corrected chi connectivity index (χ4v) is 3.04. The Balaban J connectivity index is 1.52. The summed E-state index contributed by atoms with van der Waals surface area (Å²) in [6.45, 7) is 1.50. The Morgan fingerprint density at radius 3 is 2.92 bits per heavy atom. The number of ether oxygens (including phenoxy) is 2. The highest BCUT2D eigenvalue weighted by molar-refractivity contribution is 9.10. The maximum atomic E-state index is 12.1. The second kappa shape index (κ2) is 8.87. The second-order valence-corrected chi connectivity index (χ2v) is 6.77. The zero-order valence-corrected chi connectivity index (χ0v) is 15.4. The number of carbonyl (C=O) groups is 1. The molecular weight excluding hydrogens is 384 g/mol. The Hall–Kier alpha value is -2.05. The Bertz CT molecular complexity index is 717. The fraction of sp³-hybridized carbons (Fsp3) is 0.316. The molecule has 1 aliphatic heterocycles. The maximum absolute atomic E-state index is 12.1. The highest BCUT2D eigenvalue weighted by Crippen LogP contribution is 2.25. The van der Waals surface area contributed by atoms with Gasteiger partial charge in [0, 0.05) is 16.8 Å². The molecule has 1 unspecified atom stereocenters. The number of anilines is 2. The predicted octanol–water partition coefficient (Wildman–Crippen LogP) is 4.06. The normalized spacial score (nSPS) is 16.4. The zero-order valence-electron chi connectivity index (χ0n) is 13.8. The maximum Gasteiger partial charge on any atom is 0.243 e. The first kappa shape index (κ1) is 17.8. The van der Waals surface area contributed by atoms with E-state index in [9.17, 15) is 4.79 Å². The number of nitrogens with one attached hydrogen (secondary N) is 2. The summed E-state index contributed by atoms with van der Waals surface area (Å²) in [5.74, 6) is 0.611. The van der Waals surface area contributed by atoms with Gasteiger partial charge in [-0.25, -0.2) is 0 Å². The minimum atomic E-state index is -0.118. The van der Waals surface area contributed by atoms with E-state index >= 15 is 0 Å². The lowest BCUT2D eigenvalue weighted by Crippen LogP contribution is -2.22. The van der Waals surface area contributed by atoms with E-state index in [1.807, 2.05) is 48.5 Å². The van der Waals surface area contributed by atoms with Crippen molar-refractivity contribution in [3.63, 3.8) is 0 Å². The summed E-state index contributed by atoms with van der Waals surface area (Å²) < 4.78 is 12.4. The van der Waals surface area contributed by atoms with Crippen molar-refractivity contribution in [2.24, 2.45) is 0 Å². The average Bonchev–Trinajstić information content (AvgIpc) is 3.12. The predicted molar refractivity (Wildman–Crippen MR) is 102 cm³/mol. The Kier molecular flexibility index (Phi) is 6.30. The molecular formula is C19H21BrN2O3. The minimum absolute atomic E-state index is 0.118. The molecule has 1 saturated heterocycles. The molecule has 1 fully saturated rings. The SMILES string of the molecule is O=C(CNc1ccccc1OCC1CCCO1)Nc1cccc(Br)c1. The molecule has 0 bridgehead atoms. The van der Waals surface area contributed by atoms with Gasteiger partial charge >= 0.3 is 0 Å². The van der Waals surface area contributed by atoms with Crippen molar-refractivity contribution < 1.29 is 14.3 Å². The minimum Gasteiger partial charge on any atom is -0.489 e. The van der Waals surface area contributed by atoms with Crippen LogP contribution in [0.2, 0.25) is 0 Å². The molecule has 0 saturated carbocycles. The van der Waals surface area contributed by atoms with Crippen LogP contribution in [0.15, 0.2) is 53.0 Å². The number of carbonyl (C=O) groups excluding carboxylic acids is 1. The first-order chi connectivity index (χ1) is 12.2. The van der Waals surface area contributed by atoms with Crippen molar-refractivity contribution in [1.29, 1.82) is 0 Å². The van der Waals surface area contributed by atoms with Crippen LogP contribution in [-0.2, 0) is 9.53 Å². The van der Waals surface area contributed by atoms with Crippen molar-refractivity contribution in [3.05, 3.63) is 53.0 Å². The van der Waals surface area contributed by atoms with Crippen molar-refractivity contribution in [2.75, 3.05) is 30.4 Å². The molecule has 1 amide bonds. The third kappa shape index (κ3) is 5.47. The molecule has 132 valence electrons. The van der Waals surface area contributed by atoms with E-state index in [0.29, 0.717) is 6.61 Å². The van der Waals surface area contributed by atoms with Gasteiger partial charge in [-0.3, -0.25) is 4.79 Å². The van der Waals surface area contributed by atoms with Crippen LogP contribution >= 0.6 is 15.9 Å². The third-order valence-corrected chi connectivity index (χ3v) is 4.38. The molecule has 6 heteroatoms. The van der Waals surface area contributed by atoms with Gasteiger partial charge in [-0.1, -0.05) is 34.1 Å². The lowest BCUT2D eigenvalue weighted by atomic mass is 10.2. The first-order valence-corrected chi connectivity index (χ1v) is 9.13. The third-order valence-electron chi connectivity index (χ3n) is 3.88. The van der Waals surface area contributed by atoms with Gasteiger partial charge < -0.3 is 20.1 Å². The molecule has 5 nitrogen and oxygen atoms in total. The highest BCUT2D eigenvalue weighted by atomic mass is 79.9. The quantitative estimate of drug-likeness (QED) is 0.730. The summed E-state index contributed by atoms with van der Waals surface area (Å²) in [6.07, 6.45) is 2.28. The van der Waals surface area contributed by atoms with Gasteiger partial charge in [0.25, 0.3) is 0 Å². The van der Waals surface area contributed by atoms with Crippen LogP contribution in [0.4, 0.5) is 11.4 Å². The van der Waals surface area contributed by atoms with E-state index < -0.39 is 0 Å². The van der Waals surface area contributed by atoms with Crippen LogP contribution in [0, 0.1) is 0 Å². The molecule has 1 aliphatic rings. The number of amides is 1. The van der Waals surface area contributed by atoms with Crippen LogP contribution in [0.25, 0.3) is 0 Å². The largest absolute Gasteiger partial charge is 0.489 e. The number of hydrogen-bond acceptors (Lipinski definition) is 4. The lowest BCUT2D eigenvalue weighted by Gasteiger charge is -2.15. The van der Waals surface area contributed by atoms with E-state index in [-0.39, 0.29) is 18.6 Å². The molecule has 2 N–H and O–H groups in total. The number of rotatable bonds is 7. The molecule has 0 spiro atoms. The highest BCUT2D eigenvalue weighted by Gasteiger charge is 2.16. The summed E-state index contributed by atoms with van der Waals surface area (Å²) in [7, 11) is 0. The van der Waals surface area contributed by atoms with E-state index in [1.54, 1.807) is 0 Å². The van der Waals surface area contributed by atoms with Gasteiger partial charge in [-0.05, 0) is 43.2 Å². The summed E-state index contributed by atoms with van der Waals surface area (Å²) in [5, 5.41) is 5.99. The Morgan fingerprint density at radius 2 is 2.12 bits per heavy atom. The Morgan fingerprint density at radius 1 is 1.24 bits per heavy atom. The van der Waals surface area contributed by atoms with Crippen LogP contribution in [0.5, 0.6) is 5.75 Å². The summed E-state index contributed by atoms with van der Waals surface area (Å²) in [6, 6.07) is 15.1. The molecule has 2 aromatic carbocycles. The molecule has 0 aromatic heterocycles. The number of benzene rings is 2. The molecule has 2 aromatic rings. The molecule has 0 aliphatic carbocycles. The second-order valence-electron chi connectivity index (χ2n) is 5.85. The van der Waals surface area contributed by atoms with Crippen LogP contribution in [-0.4, -0.2) is 31.8 Å². The standard InChI is InChI=1S/C19H21BrN2O3/c20-14-5-3-6-15(11-14)22-19(23)12-21-17-8-1-2-9-18(17)25-13-16-7-4-10-24-16/h1-3,5-6,8-9,11,16,21H,4,7,10,12-13H2,(H,22,23). The molecule has 0 radical (unpaired) electrons. The molecule has 1 atom stereocenters. The summed E-state index contributed by atoms with van der Waals surface area (Å²) in [4.78, 5) is 12.1. The van der Waals surface area contributed by atoms with Crippen molar-refractivity contribution in [3.8, 4) is 5.75 Å². The fourth-order valence-electron chi connectivity index (χ4n) is 2.64. The topological polar surface area (TPSA) is 59.6 Å². The van der Waals surface area contributed by atoms with Crippen molar-refractivity contribution >= 4 is 33.2 Å². The summed E-state index contributed by atoms with van der Waals surface area (Å²) >= 11 is 3.39.